The largest absolute Gasteiger partial charge is 0.272 e. The first kappa shape index (κ1) is 15.6. The Kier molecular flexibility index (Phi) is 4.69. The molecule has 4 nitrogen and oxygen atoms in total. The zero-order valence-electron chi connectivity index (χ0n) is 10.4. The van der Waals surface area contributed by atoms with Gasteiger partial charge in [-0.2, -0.15) is 5.26 Å². The van der Waals surface area contributed by atoms with Crippen molar-refractivity contribution in [3.8, 4) is 6.07 Å². The van der Waals surface area contributed by atoms with Crippen molar-refractivity contribution in [2.45, 2.75) is 5.92 Å². The number of nitriles is 1. The number of hydrogen-bond donors (Lipinski definition) is 0. The Hall–Kier alpha value is -1.80. The predicted molar refractivity (Wildman–Crippen MR) is 82.0 cm³/mol. The zero-order valence-corrected chi connectivity index (χ0v) is 12.7. The summed E-state index contributed by atoms with van der Waals surface area (Å²) < 4.78 is 0. The van der Waals surface area contributed by atoms with Gasteiger partial charge in [-0.15, -0.1) is 0 Å². The lowest BCUT2D eigenvalue weighted by atomic mass is 9.92. The Labute approximate surface area is 135 Å². The van der Waals surface area contributed by atoms with E-state index in [0.717, 1.165) is 0 Å². The molecule has 0 aliphatic heterocycles. The van der Waals surface area contributed by atoms with Crippen molar-refractivity contribution >= 4 is 40.5 Å². The molecule has 0 N–H and O–H groups in total. The maximum atomic E-state index is 10.8. The van der Waals surface area contributed by atoms with Crippen molar-refractivity contribution < 1.29 is 4.92 Å². The first-order valence-electron chi connectivity index (χ1n) is 5.72. The van der Waals surface area contributed by atoms with E-state index in [-0.39, 0.29) is 15.7 Å². The Bertz CT molecular complexity index is 716. The third-order valence-corrected chi connectivity index (χ3v) is 3.77. The molecule has 0 bridgehead atoms. The Balaban J connectivity index is 2.56. The lowest BCUT2D eigenvalue weighted by Gasteiger charge is -2.13. The summed E-state index contributed by atoms with van der Waals surface area (Å²) in [6.07, 6.45) is 0. The summed E-state index contributed by atoms with van der Waals surface area (Å²) in [7, 11) is 0. The molecule has 0 saturated heterocycles. The molecule has 2 aromatic carbocycles. The summed E-state index contributed by atoms with van der Waals surface area (Å²) in [5.74, 6) is -0.733. The van der Waals surface area contributed by atoms with Gasteiger partial charge in [0.1, 0.15) is 0 Å². The fraction of sp³-hybridized carbons (Fsp3) is 0.0714. The van der Waals surface area contributed by atoms with Crippen molar-refractivity contribution in [3.63, 3.8) is 0 Å². The van der Waals surface area contributed by atoms with Gasteiger partial charge in [-0.3, -0.25) is 10.1 Å². The van der Waals surface area contributed by atoms with Crippen LogP contribution < -0.4 is 0 Å². The van der Waals surface area contributed by atoms with Crippen LogP contribution in [-0.4, -0.2) is 4.92 Å². The molecule has 0 radical (unpaired) electrons. The molecule has 1 atom stereocenters. The van der Waals surface area contributed by atoms with Crippen LogP contribution in [0.1, 0.15) is 17.0 Å². The van der Waals surface area contributed by atoms with Crippen molar-refractivity contribution in [2.24, 2.45) is 0 Å². The number of non-ortho nitro benzene ring substituents is 1. The summed E-state index contributed by atoms with van der Waals surface area (Å²) in [6.45, 7) is 0. The minimum Gasteiger partial charge on any atom is -0.258 e. The molecule has 0 aliphatic rings. The van der Waals surface area contributed by atoms with Crippen molar-refractivity contribution in [1.82, 2.24) is 0 Å². The maximum absolute atomic E-state index is 10.8. The number of halogens is 3. The van der Waals surface area contributed by atoms with E-state index < -0.39 is 10.8 Å². The van der Waals surface area contributed by atoms with E-state index in [1.54, 1.807) is 24.3 Å². The number of nitro benzene ring substituents is 1. The Morgan fingerprint density at radius 3 is 2.05 bits per heavy atom. The molecule has 0 fully saturated rings. The van der Waals surface area contributed by atoms with Crippen LogP contribution in [-0.2, 0) is 0 Å². The van der Waals surface area contributed by atoms with Gasteiger partial charge in [0.15, 0.2) is 0 Å². The van der Waals surface area contributed by atoms with Gasteiger partial charge in [0, 0.05) is 22.7 Å². The van der Waals surface area contributed by atoms with Crippen molar-refractivity contribution in [3.05, 3.63) is 72.7 Å². The zero-order chi connectivity index (χ0) is 15.6. The van der Waals surface area contributed by atoms with Crippen LogP contribution in [0.15, 0.2) is 36.4 Å². The summed E-state index contributed by atoms with van der Waals surface area (Å²) in [4.78, 5) is 10.2. The number of nitrogens with zero attached hydrogens (tertiary/aromatic N) is 2. The molecule has 106 valence electrons. The molecule has 0 aliphatic carbocycles. The van der Waals surface area contributed by atoms with Crippen LogP contribution >= 0.6 is 34.8 Å². The molecule has 0 unspecified atom stereocenters. The van der Waals surface area contributed by atoms with Gasteiger partial charge < -0.3 is 0 Å². The quantitative estimate of drug-likeness (QED) is 0.568. The molecular formula is C14H7Cl3N2O2. The van der Waals surface area contributed by atoms with E-state index in [9.17, 15) is 15.4 Å². The average Bonchev–Trinajstić information content (AvgIpc) is 2.43. The highest BCUT2D eigenvalue weighted by molar-refractivity contribution is 6.36. The lowest BCUT2D eigenvalue weighted by molar-refractivity contribution is -0.384. The second kappa shape index (κ2) is 6.31. The highest BCUT2D eigenvalue weighted by Crippen LogP contribution is 2.38. The standard InChI is InChI=1S/C14H7Cl3N2O2/c15-9-3-1-8(2-4-9)11(7-18)14-12(16)5-10(19(20)21)6-13(14)17/h1-6,11H/t11-/m1/s1. The summed E-state index contributed by atoms with van der Waals surface area (Å²) in [6, 6.07) is 11.1. The van der Waals surface area contributed by atoms with Crippen LogP contribution in [0.25, 0.3) is 0 Å². The molecular weight excluding hydrogens is 335 g/mol. The van der Waals surface area contributed by atoms with Crippen LogP contribution in [0.4, 0.5) is 5.69 Å². The van der Waals surface area contributed by atoms with E-state index in [2.05, 4.69) is 6.07 Å². The predicted octanol–water partition coefficient (Wildman–Crippen LogP) is 5.21. The highest BCUT2D eigenvalue weighted by atomic mass is 35.5. The number of benzene rings is 2. The molecule has 7 heteroatoms. The second-order valence-corrected chi connectivity index (χ2v) is 5.44. The number of nitro groups is 1. The number of hydrogen-bond acceptors (Lipinski definition) is 3. The molecule has 0 amide bonds. The van der Waals surface area contributed by atoms with Crippen LogP contribution in [0, 0.1) is 21.4 Å². The molecule has 2 rings (SSSR count). The first-order valence-corrected chi connectivity index (χ1v) is 6.86. The van der Waals surface area contributed by atoms with Gasteiger partial charge in [0.2, 0.25) is 0 Å². The van der Waals surface area contributed by atoms with Crippen LogP contribution in [0.3, 0.4) is 0 Å². The summed E-state index contributed by atoms with van der Waals surface area (Å²) in [5.41, 5.74) is 0.773. The minimum absolute atomic E-state index is 0.0794. The van der Waals surface area contributed by atoms with Gasteiger partial charge in [0.05, 0.1) is 27.0 Å². The normalized spacial score (nSPS) is 11.7. The third-order valence-electron chi connectivity index (χ3n) is 2.90. The summed E-state index contributed by atoms with van der Waals surface area (Å²) >= 11 is 17.9. The first-order chi connectivity index (χ1) is 9.93. The van der Waals surface area contributed by atoms with Gasteiger partial charge in [-0.05, 0) is 17.7 Å². The maximum Gasteiger partial charge on any atom is 0.272 e. The van der Waals surface area contributed by atoms with E-state index in [4.69, 9.17) is 34.8 Å². The van der Waals surface area contributed by atoms with E-state index in [0.29, 0.717) is 16.1 Å². The Morgan fingerprint density at radius 1 is 1.10 bits per heavy atom. The topological polar surface area (TPSA) is 66.9 Å². The summed E-state index contributed by atoms with van der Waals surface area (Å²) in [5, 5.41) is 20.9. The Morgan fingerprint density at radius 2 is 1.62 bits per heavy atom. The fourth-order valence-electron chi connectivity index (χ4n) is 1.91. The highest BCUT2D eigenvalue weighted by Gasteiger charge is 2.23. The van der Waals surface area contributed by atoms with E-state index >= 15 is 0 Å². The monoisotopic (exact) mass is 340 g/mol. The average molecular weight is 342 g/mol. The van der Waals surface area contributed by atoms with E-state index in [1.807, 2.05) is 0 Å². The lowest BCUT2D eigenvalue weighted by Crippen LogP contribution is -2.01. The second-order valence-electron chi connectivity index (χ2n) is 4.19. The van der Waals surface area contributed by atoms with Crippen molar-refractivity contribution in [2.75, 3.05) is 0 Å². The van der Waals surface area contributed by atoms with Crippen molar-refractivity contribution in [1.29, 1.82) is 5.26 Å². The smallest absolute Gasteiger partial charge is 0.258 e. The van der Waals surface area contributed by atoms with E-state index in [1.165, 1.54) is 12.1 Å². The SMILES string of the molecule is N#C[C@H](c1ccc(Cl)cc1)c1c(Cl)cc([N+](=O)[O-])cc1Cl. The molecule has 0 spiro atoms. The molecule has 21 heavy (non-hydrogen) atoms. The van der Waals surface area contributed by atoms with Gasteiger partial charge in [-0.1, -0.05) is 46.9 Å². The molecule has 2 aromatic rings. The number of rotatable bonds is 3. The molecule has 0 heterocycles. The van der Waals surface area contributed by atoms with Crippen LogP contribution in [0.2, 0.25) is 15.1 Å². The fourth-order valence-corrected chi connectivity index (χ4v) is 2.73. The molecule has 0 aromatic heterocycles. The van der Waals surface area contributed by atoms with Gasteiger partial charge in [0.25, 0.3) is 5.69 Å². The van der Waals surface area contributed by atoms with Gasteiger partial charge in [-0.25, -0.2) is 0 Å². The third kappa shape index (κ3) is 3.27. The van der Waals surface area contributed by atoms with Crippen LogP contribution in [0.5, 0.6) is 0 Å². The minimum atomic E-state index is -0.733. The van der Waals surface area contributed by atoms with Gasteiger partial charge >= 0.3 is 0 Å². The molecule has 0 saturated carbocycles.